The molecule has 0 saturated heterocycles. The Morgan fingerprint density at radius 3 is 2.29 bits per heavy atom. The number of aryl methyl sites for hydroxylation is 1. The van der Waals surface area contributed by atoms with Gasteiger partial charge in [0, 0.05) is 31.6 Å². The van der Waals surface area contributed by atoms with E-state index in [4.69, 9.17) is 0 Å². The van der Waals surface area contributed by atoms with Gasteiger partial charge >= 0.3 is 0 Å². The summed E-state index contributed by atoms with van der Waals surface area (Å²) in [5, 5.41) is 11.9. The number of nitrogens with zero attached hydrogens (tertiary/aromatic N) is 3. The van der Waals surface area contributed by atoms with Crippen LogP contribution in [0, 0.1) is 0 Å². The highest BCUT2D eigenvalue weighted by molar-refractivity contribution is 7.90. The fraction of sp³-hybridized carbons (Fsp3) is 0.480. The van der Waals surface area contributed by atoms with E-state index in [0.29, 0.717) is 5.56 Å². The van der Waals surface area contributed by atoms with Crippen LogP contribution in [0.5, 0.6) is 0 Å². The Hall–Kier alpha value is -2.94. The molecular formula is C25H35N5O3S. The average Bonchev–Trinajstić information content (AvgIpc) is 3.21. The molecule has 184 valence electrons. The lowest BCUT2D eigenvalue weighted by Gasteiger charge is -2.21. The molecule has 0 spiro atoms. The largest absolute Gasteiger partial charge is 0.381 e. The molecule has 34 heavy (non-hydrogen) atoms. The Kier molecular flexibility index (Phi) is 8.66. The van der Waals surface area contributed by atoms with Gasteiger partial charge in [0.15, 0.2) is 15.5 Å². The van der Waals surface area contributed by atoms with Crippen LogP contribution in [-0.2, 0) is 22.9 Å². The molecule has 2 N–H and O–H groups in total. The van der Waals surface area contributed by atoms with Gasteiger partial charge in [0.05, 0.1) is 27.7 Å². The van der Waals surface area contributed by atoms with Gasteiger partial charge in [-0.25, -0.2) is 18.1 Å². The number of sulfone groups is 1. The van der Waals surface area contributed by atoms with Gasteiger partial charge < -0.3 is 10.6 Å². The zero-order valence-corrected chi connectivity index (χ0v) is 21.3. The predicted octanol–water partition coefficient (Wildman–Crippen LogP) is 4.56. The molecule has 0 aliphatic rings. The summed E-state index contributed by atoms with van der Waals surface area (Å²) in [6, 6.07) is 6.79. The van der Waals surface area contributed by atoms with Crippen LogP contribution in [0.25, 0.3) is 11.0 Å². The van der Waals surface area contributed by atoms with E-state index >= 15 is 0 Å². The number of anilines is 1. The van der Waals surface area contributed by atoms with E-state index in [1.807, 2.05) is 4.68 Å². The van der Waals surface area contributed by atoms with Crippen LogP contribution < -0.4 is 10.6 Å². The molecule has 0 atom stereocenters. The van der Waals surface area contributed by atoms with E-state index in [2.05, 4.69) is 41.5 Å². The van der Waals surface area contributed by atoms with Crippen molar-refractivity contribution in [2.24, 2.45) is 0 Å². The predicted molar refractivity (Wildman–Crippen MR) is 136 cm³/mol. The van der Waals surface area contributed by atoms with Crippen molar-refractivity contribution in [1.29, 1.82) is 0 Å². The number of aromatic nitrogens is 3. The van der Waals surface area contributed by atoms with Crippen LogP contribution >= 0.6 is 0 Å². The topological polar surface area (TPSA) is 106 Å². The van der Waals surface area contributed by atoms with Gasteiger partial charge in [0.25, 0.3) is 5.91 Å². The second-order valence-electron chi connectivity index (χ2n) is 8.67. The Labute approximate surface area is 202 Å². The van der Waals surface area contributed by atoms with Gasteiger partial charge in [-0.15, -0.1) is 0 Å². The van der Waals surface area contributed by atoms with E-state index in [1.54, 1.807) is 36.7 Å². The highest BCUT2D eigenvalue weighted by Crippen LogP contribution is 2.28. The molecule has 9 heteroatoms. The molecular weight excluding hydrogens is 450 g/mol. The van der Waals surface area contributed by atoms with Gasteiger partial charge in [0.2, 0.25) is 0 Å². The molecule has 2 aromatic heterocycles. The number of hydrogen-bond donors (Lipinski definition) is 2. The fourth-order valence-corrected chi connectivity index (χ4v) is 4.68. The maximum atomic E-state index is 13.2. The summed E-state index contributed by atoms with van der Waals surface area (Å²) < 4.78 is 25.2. The van der Waals surface area contributed by atoms with Crippen molar-refractivity contribution >= 4 is 32.5 Å². The third-order valence-corrected chi connectivity index (χ3v) is 6.90. The zero-order valence-electron chi connectivity index (χ0n) is 20.5. The van der Waals surface area contributed by atoms with Crippen molar-refractivity contribution in [2.45, 2.75) is 76.9 Å². The minimum atomic E-state index is -3.26. The van der Waals surface area contributed by atoms with E-state index in [-0.39, 0.29) is 23.4 Å². The minimum Gasteiger partial charge on any atom is -0.381 e. The smallest absolute Gasteiger partial charge is 0.255 e. The quantitative estimate of drug-likeness (QED) is 0.390. The number of pyridine rings is 1. The van der Waals surface area contributed by atoms with E-state index in [1.165, 1.54) is 6.26 Å². The maximum Gasteiger partial charge on any atom is 0.255 e. The fourth-order valence-electron chi connectivity index (χ4n) is 4.05. The van der Waals surface area contributed by atoms with Crippen LogP contribution in [0.1, 0.15) is 68.8 Å². The van der Waals surface area contributed by atoms with Crippen LogP contribution in [-0.4, -0.2) is 41.4 Å². The molecule has 0 radical (unpaired) electrons. The molecule has 1 aromatic carbocycles. The van der Waals surface area contributed by atoms with Crippen LogP contribution in [0.4, 0.5) is 5.69 Å². The van der Waals surface area contributed by atoms with Crippen LogP contribution in [0.3, 0.4) is 0 Å². The first-order valence-electron chi connectivity index (χ1n) is 12.0. The first-order chi connectivity index (χ1) is 16.3. The highest BCUT2D eigenvalue weighted by Gasteiger charge is 2.20. The minimum absolute atomic E-state index is 0.237. The van der Waals surface area contributed by atoms with E-state index < -0.39 is 9.84 Å². The number of fused-ring (bicyclic) bond motifs is 1. The summed E-state index contributed by atoms with van der Waals surface area (Å²) >= 11 is 0. The van der Waals surface area contributed by atoms with Crippen molar-refractivity contribution in [3.05, 3.63) is 47.8 Å². The number of carbonyl (C=O) groups excluding carboxylic acids is 1. The molecule has 0 unspecified atom stereocenters. The highest BCUT2D eigenvalue weighted by atomic mass is 32.2. The van der Waals surface area contributed by atoms with Crippen molar-refractivity contribution in [3.63, 3.8) is 0 Å². The normalized spacial score (nSPS) is 11.8. The Morgan fingerprint density at radius 2 is 1.71 bits per heavy atom. The number of benzene rings is 1. The molecule has 0 fully saturated rings. The van der Waals surface area contributed by atoms with Crippen molar-refractivity contribution in [3.8, 4) is 0 Å². The van der Waals surface area contributed by atoms with Gasteiger partial charge in [0.1, 0.15) is 0 Å². The number of carbonyl (C=O) groups is 1. The molecule has 0 bridgehead atoms. The van der Waals surface area contributed by atoms with E-state index in [9.17, 15) is 13.2 Å². The first-order valence-corrected chi connectivity index (χ1v) is 13.9. The summed E-state index contributed by atoms with van der Waals surface area (Å²) in [5.41, 5.74) is 2.83. The van der Waals surface area contributed by atoms with Gasteiger partial charge in [-0.3, -0.25) is 4.79 Å². The zero-order chi connectivity index (χ0) is 24.7. The Morgan fingerprint density at radius 1 is 1.03 bits per heavy atom. The average molecular weight is 486 g/mol. The summed E-state index contributed by atoms with van der Waals surface area (Å²) in [6.07, 6.45) is 9.64. The standard InChI is InChI=1S/C25H35N5O3S/c1-5-8-19(9-6-2)29-23-21-17-28-30(14-7-3)24(21)26-16-22(23)25(31)27-15-18-10-12-20(13-11-18)34(4,32)33/h10-13,16-17,19H,5-9,14-15H2,1-4H3,(H,26,29)(H,27,31). The molecule has 0 aliphatic carbocycles. The molecule has 3 rings (SSSR count). The molecule has 1 amide bonds. The SMILES string of the molecule is CCCC(CCC)Nc1c(C(=O)NCc2ccc(S(C)(=O)=O)cc2)cnc2c1cnn2CCC. The van der Waals surface area contributed by atoms with Crippen LogP contribution in [0.15, 0.2) is 41.6 Å². The van der Waals surface area contributed by atoms with Gasteiger partial charge in [-0.05, 0) is 37.0 Å². The van der Waals surface area contributed by atoms with Crippen molar-refractivity contribution in [2.75, 3.05) is 11.6 Å². The number of hydrogen-bond acceptors (Lipinski definition) is 6. The summed E-state index contributed by atoms with van der Waals surface area (Å²) in [6.45, 7) is 7.46. The maximum absolute atomic E-state index is 13.2. The van der Waals surface area contributed by atoms with Crippen molar-refractivity contribution < 1.29 is 13.2 Å². The van der Waals surface area contributed by atoms with Gasteiger partial charge in [-0.2, -0.15) is 5.10 Å². The molecule has 0 aliphatic heterocycles. The molecule has 0 saturated carbocycles. The van der Waals surface area contributed by atoms with Gasteiger partial charge in [-0.1, -0.05) is 45.7 Å². The Bertz CT molecular complexity index is 1210. The number of amides is 1. The first kappa shape index (κ1) is 25.7. The number of nitrogens with one attached hydrogen (secondary N) is 2. The molecule has 8 nitrogen and oxygen atoms in total. The lowest BCUT2D eigenvalue weighted by atomic mass is 10.0. The lowest BCUT2D eigenvalue weighted by molar-refractivity contribution is 0.0951. The Balaban J connectivity index is 1.89. The second-order valence-corrected chi connectivity index (χ2v) is 10.7. The lowest BCUT2D eigenvalue weighted by Crippen LogP contribution is -2.26. The van der Waals surface area contributed by atoms with E-state index in [0.717, 1.165) is 60.9 Å². The third kappa shape index (κ3) is 6.14. The second kappa shape index (κ2) is 11.5. The number of rotatable bonds is 12. The molecule has 2 heterocycles. The molecule has 3 aromatic rings. The summed E-state index contributed by atoms with van der Waals surface area (Å²) in [7, 11) is -3.26. The van der Waals surface area contributed by atoms with Crippen LogP contribution in [0.2, 0.25) is 0 Å². The monoisotopic (exact) mass is 485 g/mol. The summed E-state index contributed by atoms with van der Waals surface area (Å²) in [5.74, 6) is -0.237. The van der Waals surface area contributed by atoms with Crippen molar-refractivity contribution in [1.82, 2.24) is 20.1 Å². The third-order valence-electron chi connectivity index (χ3n) is 5.77. The summed E-state index contributed by atoms with van der Waals surface area (Å²) in [4.78, 5) is 18.0.